The van der Waals surface area contributed by atoms with E-state index >= 15 is 8.78 Å². The largest absolute Gasteiger partial charge is 0.435 e. The number of allylic oxidation sites excluding steroid dienone is 2. The quantitative estimate of drug-likeness (QED) is 0.0834. The lowest BCUT2D eigenvalue weighted by Gasteiger charge is -2.27. The molecule has 2 aliphatic carbocycles. The van der Waals surface area contributed by atoms with Gasteiger partial charge in [-0.15, -0.1) is 11.3 Å². The summed E-state index contributed by atoms with van der Waals surface area (Å²) in [5.74, 6) is -9.39. The highest BCUT2D eigenvalue weighted by atomic mass is 32.2. The van der Waals surface area contributed by atoms with Crippen LogP contribution in [-0.4, -0.2) is 56.4 Å². The monoisotopic (exact) mass is 836 g/mol. The van der Waals surface area contributed by atoms with Gasteiger partial charge in [0.05, 0.1) is 34.1 Å². The first-order chi connectivity index (χ1) is 26.3. The summed E-state index contributed by atoms with van der Waals surface area (Å²) in [6.07, 6.45) is -0.292. The van der Waals surface area contributed by atoms with Crippen LogP contribution in [0.2, 0.25) is 0 Å². The van der Waals surface area contributed by atoms with E-state index in [2.05, 4.69) is 25.2 Å². The summed E-state index contributed by atoms with van der Waals surface area (Å²) in [5.41, 5.74) is -1.62. The summed E-state index contributed by atoms with van der Waals surface area (Å²) in [6.45, 7) is -1.07. The molecule has 6 aromatic rings. The average Bonchev–Trinajstić information content (AvgIpc) is 3.77. The zero-order valence-corrected chi connectivity index (χ0v) is 31.6. The molecule has 56 heavy (non-hydrogen) atoms. The lowest BCUT2D eigenvalue weighted by atomic mass is 9.81. The van der Waals surface area contributed by atoms with Crippen molar-refractivity contribution in [3.8, 4) is 11.1 Å². The fraction of sp³-hybridized carbons (Fsp3) is 0.286. The van der Waals surface area contributed by atoms with E-state index in [1.165, 1.54) is 33.9 Å². The number of para-hydroxylation sites is 1. The Labute approximate surface area is 321 Å². The van der Waals surface area contributed by atoms with Gasteiger partial charge in [-0.2, -0.15) is 32.1 Å². The third-order valence-corrected chi connectivity index (χ3v) is 12.1. The van der Waals surface area contributed by atoms with Crippen LogP contribution in [0.15, 0.2) is 59.0 Å². The van der Waals surface area contributed by atoms with Crippen LogP contribution in [0.3, 0.4) is 0 Å². The van der Waals surface area contributed by atoms with Crippen LogP contribution in [0, 0.1) is 17.6 Å². The van der Waals surface area contributed by atoms with Gasteiger partial charge in [0.2, 0.25) is 15.9 Å². The lowest BCUT2D eigenvalue weighted by molar-refractivity contribution is -0.142. The predicted molar refractivity (Wildman–Crippen MR) is 195 cm³/mol. The van der Waals surface area contributed by atoms with Gasteiger partial charge in [-0.05, 0) is 42.5 Å². The van der Waals surface area contributed by atoms with Crippen LogP contribution in [0.25, 0.3) is 32.4 Å². The number of thioether (sulfide) groups is 1. The Hall–Kier alpha value is -5.02. The van der Waals surface area contributed by atoms with Crippen molar-refractivity contribution in [3.63, 3.8) is 0 Å². The number of rotatable bonds is 10. The van der Waals surface area contributed by atoms with Crippen LogP contribution in [0.5, 0.6) is 0 Å². The fourth-order valence-electron chi connectivity index (χ4n) is 7.37. The van der Waals surface area contributed by atoms with Gasteiger partial charge in [0.1, 0.15) is 23.9 Å². The van der Waals surface area contributed by atoms with Gasteiger partial charge in [-0.1, -0.05) is 36.0 Å². The molecule has 0 aliphatic heterocycles. The van der Waals surface area contributed by atoms with E-state index < -0.39 is 81.0 Å². The number of sulfonamides is 1. The second-order valence-corrected chi connectivity index (χ2v) is 17.2. The molecule has 2 aromatic carbocycles. The second-order valence-electron chi connectivity index (χ2n) is 13.4. The number of fused-ring (bicyclic) bond motifs is 5. The van der Waals surface area contributed by atoms with Crippen molar-refractivity contribution in [1.82, 2.24) is 34.8 Å². The highest BCUT2D eigenvalue weighted by Crippen LogP contribution is 2.60. The summed E-state index contributed by atoms with van der Waals surface area (Å²) in [4.78, 5) is 23.3. The first kappa shape index (κ1) is 37.9. The van der Waals surface area contributed by atoms with Gasteiger partial charge in [-0.3, -0.25) is 18.9 Å². The fourth-order valence-corrected chi connectivity index (χ4v) is 9.33. The van der Waals surface area contributed by atoms with Gasteiger partial charge in [0.15, 0.2) is 21.5 Å². The van der Waals surface area contributed by atoms with Crippen molar-refractivity contribution < 1.29 is 43.9 Å². The number of hydrogen-bond donors (Lipinski definition) is 2. The van der Waals surface area contributed by atoms with Crippen molar-refractivity contribution in [3.05, 3.63) is 94.5 Å². The molecule has 2 N–H and O–H groups in total. The number of anilines is 1. The van der Waals surface area contributed by atoms with Crippen molar-refractivity contribution in [2.45, 2.75) is 41.4 Å². The maximum absolute atomic E-state index is 15.6. The van der Waals surface area contributed by atoms with Crippen molar-refractivity contribution in [2.75, 3.05) is 17.2 Å². The molecule has 0 saturated carbocycles. The molecule has 3 atom stereocenters. The summed E-state index contributed by atoms with van der Waals surface area (Å²) >= 11 is 2.64. The number of thiazole rings is 1. The first-order valence-corrected chi connectivity index (χ1v) is 20.5. The minimum atomic E-state index is -5.09. The Morgan fingerprint density at radius 2 is 1.79 bits per heavy atom. The SMILES string of the molecule is CSc1nc2nc(C(Cc3cc(F)cc(F)c3)NC(=O)Cn3nc(C(F)(F)F)c4c3C(F)(F)[C@@H]3C=C[C@H]43)c(-c3cccc4c(NS(C)(=O)=O)nn(C)c34)cc2s1. The molecule has 4 aromatic heterocycles. The maximum atomic E-state index is 15.6. The van der Waals surface area contributed by atoms with Crippen molar-refractivity contribution in [1.29, 1.82) is 0 Å². The highest BCUT2D eigenvalue weighted by Gasteiger charge is 2.61. The number of benzene rings is 2. The summed E-state index contributed by atoms with van der Waals surface area (Å²) < 4.78 is 132. The van der Waals surface area contributed by atoms with Crippen LogP contribution < -0.4 is 10.0 Å². The normalized spacial score (nSPS) is 17.9. The number of nitrogens with zero attached hydrogens (tertiary/aromatic N) is 6. The molecule has 0 bridgehead atoms. The zero-order valence-electron chi connectivity index (χ0n) is 29.1. The third-order valence-electron chi connectivity index (χ3n) is 9.56. The zero-order chi connectivity index (χ0) is 40.1. The number of hydrogen-bond acceptors (Lipinski definition) is 9. The number of aromatic nitrogens is 6. The topological polar surface area (TPSA) is 137 Å². The van der Waals surface area contributed by atoms with E-state index in [1.54, 1.807) is 37.6 Å². The standard InChI is InChI=1S/C35H27F7N8O3S3/c1-49-28-18(5-4-6-20(28)31(47-49)48-56(3,52)53)21-13-24-32(45-33(54-2)55-24)44-27(21)23(11-15-9-16(36)12-17(37)10-15)43-25(51)14-50-30-26(29(46-50)35(40,41)42)19-7-8-22(19)34(30,38)39/h4-10,12-13,19,22-23H,11,14H2,1-3H3,(H,43,51)(H,47,48)/t19-,22+,23?/m0/s1. The number of halogens is 7. The number of amides is 1. The Kier molecular flexibility index (Phi) is 8.99. The van der Waals surface area contributed by atoms with Crippen LogP contribution >= 0.6 is 23.1 Å². The molecule has 11 nitrogen and oxygen atoms in total. The molecule has 2 aliphatic rings. The van der Waals surface area contributed by atoms with E-state index in [1.807, 2.05) is 0 Å². The Bertz CT molecular complexity index is 2720. The molecule has 1 amide bonds. The molecule has 0 saturated heterocycles. The molecule has 1 unspecified atom stereocenters. The van der Waals surface area contributed by atoms with Gasteiger partial charge < -0.3 is 5.32 Å². The number of carbonyl (C=O) groups is 1. The molecular weight excluding hydrogens is 810 g/mol. The number of aryl methyl sites for hydroxylation is 1. The molecule has 8 rings (SSSR count). The molecule has 0 fully saturated rings. The lowest BCUT2D eigenvalue weighted by Crippen LogP contribution is -2.36. The average molecular weight is 837 g/mol. The first-order valence-electron chi connectivity index (χ1n) is 16.6. The van der Waals surface area contributed by atoms with Gasteiger partial charge in [0.25, 0.3) is 5.92 Å². The van der Waals surface area contributed by atoms with Crippen molar-refractivity contribution in [2.24, 2.45) is 13.0 Å². The molecule has 21 heteroatoms. The van der Waals surface area contributed by atoms with Crippen molar-refractivity contribution >= 4 is 66.1 Å². The second kappa shape index (κ2) is 13.3. The minimum Gasteiger partial charge on any atom is -0.346 e. The van der Waals surface area contributed by atoms with E-state index in [0.717, 1.165) is 24.5 Å². The number of pyridine rings is 1. The van der Waals surface area contributed by atoms with Gasteiger partial charge in [-0.25, -0.2) is 27.2 Å². The summed E-state index contributed by atoms with van der Waals surface area (Å²) in [7, 11) is -2.18. The molecule has 0 spiro atoms. The maximum Gasteiger partial charge on any atom is 0.435 e. The third kappa shape index (κ3) is 6.57. The van der Waals surface area contributed by atoms with Gasteiger partial charge in [0, 0.05) is 41.1 Å². The van der Waals surface area contributed by atoms with E-state index in [4.69, 9.17) is 4.98 Å². The molecule has 0 radical (unpaired) electrons. The van der Waals surface area contributed by atoms with E-state index in [-0.39, 0.29) is 29.1 Å². The summed E-state index contributed by atoms with van der Waals surface area (Å²) in [6, 6.07) is 8.08. The van der Waals surface area contributed by atoms with Crippen LogP contribution in [0.1, 0.15) is 40.2 Å². The smallest absolute Gasteiger partial charge is 0.346 e. The number of nitrogens with one attached hydrogen (secondary N) is 2. The van der Waals surface area contributed by atoms with Gasteiger partial charge >= 0.3 is 6.18 Å². The minimum absolute atomic E-state index is 0.0235. The highest BCUT2D eigenvalue weighted by molar-refractivity contribution is 8.00. The van der Waals surface area contributed by atoms with Crippen LogP contribution in [-0.2, 0) is 46.9 Å². The summed E-state index contributed by atoms with van der Waals surface area (Å²) in [5, 5.41) is 10.9. The van der Waals surface area contributed by atoms with E-state index in [9.17, 15) is 35.2 Å². The molecule has 292 valence electrons. The number of carbonyl (C=O) groups excluding carboxylic acids is 1. The predicted octanol–water partition coefficient (Wildman–Crippen LogP) is 7.31. The number of alkyl halides is 5. The Balaban J connectivity index is 1.28. The molecule has 4 heterocycles. The molecular formula is C35H27F7N8O3S3. The Morgan fingerprint density at radius 3 is 2.43 bits per heavy atom. The van der Waals surface area contributed by atoms with E-state index in [0.29, 0.717) is 41.8 Å². The van der Waals surface area contributed by atoms with Crippen LogP contribution in [0.4, 0.5) is 36.6 Å². The Morgan fingerprint density at radius 1 is 1.05 bits per heavy atom.